The zero-order valence-electron chi connectivity index (χ0n) is 12.5. The van der Waals surface area contributed by atoms with Crippen LogP contribution in [0.1, 0.15) is 24.4 Å². The SMILES string of the molecule is NCCSCC(=O)NCC(c1ccccc1)N1CCCC1. The van der Waals surface area contributed by atoms with E-state index >= 15 is 0 Å². The fraction of sp³-hybridized carbons (Fsp3) is 0.562. The first-order valence-corrected chi connectivity index (χ1v) is 8.80. The lowest BCUT2D eigenvalue weighted by atomic mass is 10.1. The highest BCUT2D eigenvalue weighted by Crippen LogP contribution is 2.24. The number of carbonyl (C=O) groups is 1. The summed E-state index contributed by atoms with van der Waals surface area (Å²) >= 11 is 1.59. The molecule has 2 rings (SSSR count). The average molecular weight is 307 g/mol. The normalized spacial score (nSPS) is 16.8. The van der Waals surface area contributed by atoms with Crippen molar-refractivity contribution in [2.75, 3.05) is 37.7 Å². The second-order valence-corrected chi connectivity index (χ2v) is 6.42. The highest BCUT2D eigenvalue weighted by Gasteiger charge is 2.23. The number of amides is 1. The predicted molar refractivity (Wildman–Crippen MR) is 89.4 cm³/mol. The molecule has 0 radical (unpaired) electrons. The Labute approximate surface area is 131 Å². The van der Waals surface area contributed by atoms with Crippen LogP contribution in [0.25, 0.3) is 0 Å². The number of hydrogen-bond donors (Lipinski definition) is 2. The van der Waals surface area contributed by atoms with Gasteiger partial charge >= 0.3 is 0 Å². The van der Waals surface area contributed by atoms with Crippen LogP contribution >= 0.6 is 11.8 Å². The van der Waals surface area contributed by atoms with Crippen molar-refractivity contribution in [2.45, 2.75) is 18.9 Å². The second kappa shape index (κ2) is 9.07. The molecular weight excluding hydrogens is 282 g/mol. The van der Waals surface area contributed by atoms with Gasteiger partial charge in [0.1, 0.15) is 0 Å². The molecule has 0 aliphatic carbocycles. The van der Waals surface area contributed by atoms with E-state index in [0.29, 0.717) is 18.8 Å². The number of nitrogens with two attached hydrogens (primary N) is 1. The minimum Gasteiger partial charge on any atom is -0.353 e. The molecule has 116 valence electrons. The van der Waals surface area contributed by atoms with Gasteiger partial charge in [0.2, 0.25) is 5.91 Å². The molecule has 1 aromatic carbocycles. The fourth-order valence-electron chi connectivity index (χ4n) is 2.70. The van der Waals surface area contributed by atoms with Crippen LogP contribution in [0.5, 0.6) is 0 Å². The van der Waals surface area contributed by atoms with E-state index in [1.165, 1.54) is 18.4 Å². The molecule has 0 aromatic heterocycles. The number of benzene rings is 1. The van der Waals surface area contributed by atoms with E-state index in [2.05, 4.69) is 34.5 Å². The molecule has 1 aliphatic heterocycles. The van der Waals surface area contributed by atoms with E-state index in [1.54, 1.807) is 11.8 Å². The molecule has 1 atom stereocenters. The minimum atomic E-state index is 0.105. The first-order valence-electron chi connectivity index (χ1n) is 7.65. The van der Waals surface area contributed by atoms with Crippen LogP contribution in [0.15, 0.2) is 30.3 Å². The summed E-state index contributed by atoms with van der Waals surface area (Å²) in [4.78, 5) is 14.4. The maximum atomic E-state index is 11.9. The standard InChI is InChI=1S/C16H25N3OS/c17-8-11-21-13-16(20)18-12-15(19-9-4-5-10-19)14-6-2-1-3-7-14/h1-3,6-7,15H,4-5,8-13,17H2,(H,18,20). The molecule has 1 fully saturated rings. The molecule has 4 nitrogen and oxygen atoms in total. The van der Waals surface area contributed by atoms with Crippen LogP contribution in [-0.2, 0) is 4.79 Å². The number of nitrogens with one attached hydrogen (secondary N) is 1. The van der Waals surface area contributed by atoms with Crippen LogP contribution in [-0.4, -0.2) is 48.5 Å². The summed E-state index contributed by atoms with van der Waals surface area (Å²) < 4.78 is 0. The van der Waals surface area contributed by atoms with Crippen LogP contribution in [0.3, 0.4) is 0 Å². The Kier molecular flexibility index (Phi) is 7.06. The lowest BCUT2D eigenvalue weighted by Gasteiger charge is -2.28. The van der Waals surface area contributed by atoms with Gasteiger partial charge in [0.25, 0.3) is 0 Å². The summed E-state index contributed by atoms with van der Waals surface area (Å²) in [6.45, 7) is 3.55. The van der Waals surface area contributed by atoms with Gasteiger partial charge in [-0.3, -0.25) is 9.69 Å². The summed E-state index contributed by atoms with van der Waals surface area (Å²) in [7, 11) is 0. The summed E-state index contributed by atoms with van der Waals surface area (Å²) in [5, 5.41) is 3.07. The minimum absolute atomic E-state index is 0.105. The second-order valence-electron chi connectivity index (χ2n) is 5.31. The highest BCUT2D eigenvalue weighted by molar-refractivity contribution is 7.99. The van der Waals surface area contributed by atoms with Gasteiger partial charge in [0.05, 0.1) is 11.8 Å². The van der Waals surface area contributed by atoms with Crippen LogP contribution in [0.2, 0.25) is 0 Å². The highest BCUT2D eigenvalue weighted by atomic mass is 32.2. The van der Waals surface area contributed by atoms with Crippen molar-refractivity contribution in [1.29, 1.82) is 0 Å². The van der Waals surface area contributed by atoms with E-state index in [-0.39, 0.29) is 11.9 Å². The third kappa shape index (κ3) is 5.34. The molecule has 1 aromatic rings. The van der Waals surface area contributed by atoms with Crippen molar-refractivity contribution in [3.8, 4) is 0 Å². The summed E-state index contributed by atoms with van der Waals surface area (Å²) in [5.74, 6) is 1.44. The van der Waals surface area contributed by atoms with Gasteiger partial charge in [-0.1, -0.05) is 30.3 Å². The van der Waals surface area contributed by atoms with Crippen LogP contribution in [0.4, 0.5) is 0 Å². The van der Waals surface area contributed by atoms with Gasteiger partial charge in [-0.05, 0) is 31.5 Å². The van der Waals surface area contributed by atoms with Gasteiger partial charge in [-0.2, -0.15) is 11.8 Å². The van der Waals surface area contributed by atoms with Crippen LogP contribution in [0, 0.1) is 0 Å². The summed E-state index contributed by atoms with van der Waals surface area (Å²) in [6.07, 6.45) is 2.51. The topological polar surface area (TPSA) is 58.4 Å². The van der Waals surface area contributed by atoms with E-state index in [4.69, 9.17) is 5.73 Å². The Hall–Kier alpha value is -1.04. The van der Waals surface area contributed by atoms with Gasteiger partial charge in [0, 0.05) is 18.8 Å². The third-order valence-corrected chi connectivity index (χ3v) is 4.74. The molecular formula is C16H25N3OS. The van der Waals surface area contributed by atoms with Gasteiger partial charge < -0.3 is 11.1 Å². The number of rotatable bonds is 8. The molecule has 1 saturated heterocycles. The first kappa shape index (κ1) is 16.3. The number of nitrogens with zero attached hydrogens (tertiary/aromatic N) is 1. The Morgan fingerprint density at radius 3 is 2.67 bits per heavy atom. The molecule has 3 N–H and O–H groups in total. The van der Waals surface area contributed by atoms with Gasteiger partial charge in [-0.25, -0.2) is 0 Å². The lowest BCUT2D eigenvalue weighted by Crippen LogP contribution is -2.37. The van der Waals surface area contributed by atoms with E-state index in [1.807, 2.05) is 6.07 Å². The van der Waals surface area contributed by atoms with Crippen molar-refractivity contribution < 1.29 is 4.79 Å². The van der Waals surface area contributed by atoms with Gasteiger partial charge in [0.15, 0.2) is 0 Å². The number of carbonyl (C=O) groups excluding carboxylic acids is 1. The molecule has 1 heterocycles. The van der Waals surface area contributed by atoms with Crippen molar-refractivity contribution in [1.82, 2.24) is 10.2 Å². The van der Waals surface area contributed by atoms with E-state index in [9.17, 15) is 4.79 Å². The lowest BCUT2D eigenvalue weighted by molar-refractivity contribution is -0.118. The zero-order valence-corrected chi connectivity index (χ0v) is 13.3. The molecule has 0 spiro atoms. The number of hydrogen-bond acceptors (Lipinski definition) is 4. The maximum Gasteiger partial charge on any atom is 0.230 e. The van der Waals surface area contributed by atoms with Crippen LogP contribution < -0.4 is 11.1 Å². The van der Waals surface area contributed by atoms with Crippen molar-refractivity contribution in [3.05, 3.63) is 35.9 Å². The Morgan fingerprint density at radius 2 is 2.00 bits per heavy atom. The van der Waals surface area contributed by atoms with Crippen molar-refractivity contribution in [3.63, 3.8) is 0 Å². The Morgan fingerprint density at radius 1 is 1.29 bits per heavy atom. The van der Waals surface area contributed by atoms with Gasteiger partial charge in [-0.15, -0.1) is 0 Å². The molecule has 1 amide bonds. The molecule has 0 bridgehead atoms. The largest absolute Gasteiger partial charge is 0.353 e. The number of likely N-dealkylation sites (tertiary alicyclic amines) is 1. The molecule has 1 unspecified atom stereocenters. The Bertz CT molecular complexity index is 421. The van der Waals surface area contributed by atoms with E-state index < -0.39 is 0 Å². The summed E-state index contributed by atoms with van der Waals surface area (Å²) in [6, 6.07) is 10.8. The number of thioether (sulfide) groups is 1. The maximum absolute atomic E-state index is 11.9. The summed E-state index contributed by atoms with van der Waals surface area (Å²) in [5.41, 5.74) is 6.72. The molecule has 1 aliphatic rings. The average Bonchev–Trinajstić information content (AvgIpc) is 3.03. The predicted octanol–water partition coefficient (Wildman–Crippen LogP) is 1.63. The first-order chi connectivity index (χ1) is 10.3. The van der Waals surface area contributed by atoms with Crippen molar-refractivity contribution >= 4 is 17.7 Å². The third-order valence-electron chi connectivity index (χ3n) is 3.75. The molecule has 21 heavy (non-hydrogen) atoms. The smallest absolute Gasteiger partial charge is 0.230 e. The van der Waals surface area contributed by atoms with E-state index in [0.717, 1.165) is 18.8 Å². The monoisotopic (exact) mass is 307 g/mol. The molecule has 5 heteroatoms. The van der Waals surface area contributed by atoms with Crippen molar-refractivity contribution in [2.24, 2.45) is 5.73 Å². The quantitative estimate of drug-likeness (QED) is 0.717. The zero-order chi connectivity index (χ0) is 14.9. The fourth-order valence-corrected chi connectivity index (χ4v) is 3.29. The Balaban J connectivity index is 1.89. The molecule has 0 saturated carbocycles.